The quantitative estimate of drug-likeness (QED) is 0.518. The van der Waals surface area contributed by atoms with Gasteiger partial charge < -0.3 is 19.5 Å². The number of methoxy groups -OCH3 is 1. The molecule has 0 aliphatic heterocycles. The van der Waals surface area contributed by atoms with Crippen LogP contribution in [0.3, 0.4) is 0 Å². The summed E-state index contributed by atoms with van der Waals surface area (Å²) in [6.07, 6.45) is -0.0116. The van der Waals surface area contributed by atoms with Gasteiger partial charge in [-0.2, -0.15) is 0 Å². The van der Waals surface area contributed by atoms with Crippen molar-refractivity contribution in [2.24, 2.45) is 5.73 Å². The summed E-state index contributed by atoms with van der Waals surface area (Å²) >= 11 is 0. The van der Waals surface area contributed by atoms with E-state index in [1.165, 1.54) is 21.3 Å². The van der Waals surface area contributed by atoms with Crippen molar-refractivity contribution in [3.63, 3.8) is 0 Å². The Hall–Kier alpha value is -0.420. The van der Waals surface area contributed by atoms with Gasteiger partial charge in [0.1, 0.15) is 0 Å². The van der Waals surface area contributed by atoms with Crippen molar-refractivity contribution in [1.82, 2.24) is 0 Å². The lowest BCUT2D eigenvalue weighted by molar-refractivity contribution is -0.140. The molecule has 2 N–H and O–H groups in total. The van der Waals surface area contributed by atoms with Gasteiger partial charge in [-0.1, -0.05) is 0 Å². The van der Waals surface area contributed by atoms with Crippen LogP contribution < -0.4 is 5.73 Å². The lowest BCUT2D eigenvalue weighted by atomic mass is 10.2. The van der Waals surface area contributed by atoms with E-state index in [0.29, 0.717) is 0 Å². The second-order valence-corrected chi connectivity index (χ2v) is 5.02. The third kappa shape index (κ3) is 4.72. The molecule has 1 unspecified atom stereocenters. The molecule has 0 aliphatic rings. The fraction of sp³-hybridized carbons (Fsp3) is 0.857. The third-order valence-electron chi connectivity index (χ3n) is 1.67. The van der Waals surface area contributed by atoms with E-state index in [0.717, 1.165) is 0 Å². The lowest BCUT2D eigenvalue weighted by Gasteiger charge is -2.17. The standard InChI is InChI=1S/C7H16NO5P/c1-11-7(9)4-6(8)5-14(10,12-2)13-3/h6H,4-5,8H2,1-3H3. The highest BCUT2D eigenvalue weighted by Crippen LogP contribution is 2.46. The van der Waals surface area contributed by atoms with Crippen LogP contribution in [0.4, 0.5) is 0 Å². The second kappa shape index (κ2) is 6.14. The Labute approximate surface area is 83.2 Å². The maximum atomic E-state index is 11.6. The molecule has 0 rings (SSSR count). The van der Waals surface area contributed by atoms with Gasteiger partial charge in [-0.25, -0.2) is 0 Å². The van der Waals surface area contributed by atoms with Gasteiger partial charge >= 0.3 is 13.6 Å². The molecule has 0 bridgehead atoms. The minimum absolute atomic E-state index is 0.00486. The molecule has 6 nitrogen and oxygen atoms in total. The minimum atomic E-state index is -3.14. The van der Waals surface area contributed by atoms with Crippen LogP contribution in [0.2, 0.25) is 0 Å². The molecule has 0 amide bonds. The number of carbonyl (C=O) groups excluding carboxylic acids is 1. The third-order valence-corrected chi connectivity index (χ3v) is 3.70. The van der Waals surface area contributed by atoms with Gasteiger partial charge in [0.25, 0.3) is 0 Å². The molecule has 0 radical (unpaired) electrons. The molecular formula is C7H16NO5P. The molecule has 14 heavy (non-hydrogen) atoms. The number of rotatable bonds is 6. The summed E-state index contributed by atoms with van der Waals surface area (Å²) in [7, 11) is 0.674. The molecule has 0 aromatic rings. The predicted molar refractivity (Wildman–Crippen MR) is 51.1 cm³/mol. The average molecular weight is 225 g/mol. The zero-order valence-electron chi connectivity index (χ0n) is 8.56. The minimum Gasteiger partial charge on any atom is -0.469 e. The fourth-order valence-corrected chi connectivity index (χ4v) is 2.02. The second-order valence-electron chi connectivity index (χ2n) is 2.70. The van der Waals surface area contributed by atoms with Crippen LogP contribution in [0, 0.1) is 0 Å². The summed E-state index contributed by atoms with van der Waals surface area (Å²) in [6.45, 7) is 0. The fourth-order valence-electron chi connectivity index (χ4n) is 0.873. The first-order valence-electron chi connectivity index (χ1n) is 4.00. The Morgan fingerprint density at radius 1 is 1.36 bits per heavy atom. The lowest BCUT2D eigenvalue weighted by Crippen LogP contribution is -2.28. The van der Waals surface area contributed by atoms with Crippen molar-refractivity contribution in [3.05, 3.63) is 0 Å². The summed E-state index contributed by atoms with van der Waals surface area (Å²) in [4.78, 5) is 10.8. The first-order valence-corrected chi connectivity index (χ1v) is 5.73. The average Bonchev–Trinajstić information content (AvgIpc) is 2.17. The smallest absolute Gasteiger partial charge is 0.331 e. The molecule has 0 fully saturated rings. The van der Waals surface area contributed by atoms with Crippen molar-refractivity contribution in [2.45, 2.75) is 12.5 Å². The molecular weight excluding hydrogens is 209 g/mol. The molecule has 1 atom stereocenters. The SMILES string of the molecule is COC(=O)CC(N)CP(=O)(OC)OC. The Kier molecular flexibility index (Phi) is 5.95. The first-order chi connectivity index (χ1) is 6.47. The van der Waals surface area contributed by atoms with Crippen molar-refractivity contribution in [1.29, 1.82) is 0 Å². The molecule has 7 heteroatoms. The van der Waals surface area contributed by atoms with Crippen LogP contribution in [0.1, 0.15) is 6.42 Å². The Bertz CT molecular complexity index is 224. The van der Waals surface area contributed by atoms with Crippen LogP contribution >= 0.6 is 7.60 Å². The molecule has 0 saturated heterocycles. The largest absolute Gasteiger partial charge is 0.469 e. The van der Waals surface area contributed by atoms with Crippen molar-refractivity contribution in [2.75, 3.05) is 27.5 Å². The van der Waals surface area contributed by atoms with E-state index >= 15 is 0 Å². The highest BCUT2D eigenvalue weighted by atomic mass is 31.2. The predicted octanol–water partition coefficient (Wildman–Crippen LogP) is 0.363. The molecule has 0 aromatic carbocycles. The van der Waals surface area contributed by atoms with E-state index < -0.39 is 19.6 Å². The van der Waals surface area contributed by atoms with Gasteiger partial charge in [0.2, 0.25) is 0 Å². The normalized spacial score (nSPS) is 13.7. The number of hydrogen-bond donors (Lipinski definition) is 1. The zero-order chi connectivity index (χ0) is 11.2. The summed E-state index contributed by atoms with van der Waals surface area (Å²) in [5, 5.41) is 0. The summed E-state index contributed by atoms with van der Waals surface area (Å²) in [6, 6.07) is -0.590. The van der Waals surface area contributed by atoms with Crippen molar-refractivity contribution in [3.8, 4) is 0 Å². The van der Waals surface area contributed by atoms with E-state index in [-0.39, 0.29) is 12.6 Å². The van der Waals surface area contributed by atoms with E-state index in [9.17, 15) is 9.36 Å². The van der Waals surface area contributed by atoms with Crippen LogP contribution in [0.15, 0.2) is 0 Å². The van der Waals surface area contributed by atoms with E-state index in [1.807, 2.05) is 0 Å². The topological polar surface area (TPSA) is 87.9 Å². The van der Waals surface area contributed by atoms with E-state index in [2.05, 4.69) is 13.8 Å². The maximum absolute atomic E-state index is 11.6. The Morgan fingerprint density at radius 3 is 2.21 bits per heavy atom. The van der Waals surface area contributed by atoms with Crippen LogP contribution in [0.25, 0.3) is 0 Å². The molecule has 0 aliphatic carbocycles. The van der Waals surface area contributed by atoms with Gasteiger partial charge in [-0.15, -0.1) is 0 Å². The van der Waals surface area contributed by atoms with Gasteiger partial charge in [-0.3, -0.25) is 9.36 Å². The monoisotopic (exact) mass is 225 g/mol. The Morgan fingerprint density at radius 2 is 1.86 bits per heavy atom. The van der Waals surface area contributed by atoms with Crippen LogP contribution in [-0.2, 0) is 23.1 Å². The van der Waals surface area contributed by atoms with Gasteiger partial charge in [-0.05, 0) is 0 Å². The molecule has 0 spiro atoms. The van der Waals surface area contributed by atoms with Crippen molar-refractivity contribution < 1.29 is 23.1 Å². The van der Waals surface area contributed by atoms with Crippen molar-refractivity contribution >= 4 is 13.6 Å². The molecule has 84 valence electrons. The van der Waals surface area contributed by atoms with E-state index in [4.69, 9.17) is 5.73 Å². The number of nitrogens with two attached hydrogens (primary N) is 1. The van der Waals surface area contributed by atoms with Gasteiger partial charge in [0, 0.05) is 20.3 Å². The van der Waals surface area contributed by atoms with Crippen LogP contribution in [0.5, 0.6) is 0 Å². The van der Waals surface area contributed by atoms with E-state index in [1.54, 1.807) is 0 Å². The highest BCUT2D eigenvalue weighted by Gasteiger charge is 2.26. The number of ether oxygens (including phenoxy) is 1. The highest BCUT2D eigenvalue weighted by molar-refractivity contribution is 7.53. The molecule has 0 aromatic heterocycles. The summed E-state index contributed by atoms with van der Waals surface area (Å²) in [5.74, 6) is -0.448. The number of carbonyl (C=O) groups is 1. The summed E-state index contributed by atoms with van der Waals surface area (Å²) < 4.78 is 25.3. The van der Waals surface area contributed by atoms with Crippen LogP contribution in [-0.4, -0.2) is 39.5 Å². The van der Waals surface area contributed by atoms with Gasteiger partial charge in [0.05, 0.1) is 19.7 Å². The molecule has 0 saturated carbocycles. The number of esters is 1. The Balaban J connectivity index is 4.10. The summed E-state index contributed by atoms with van der Waals surface area (Å²) in [5.41, 5.74) is 5.55. The first kappa shape index (κ1) is 13.6. The maximum Gasteiger partial charge on any atom is 0.331 e. The number of hydrogen-bond acceptors (Lipinski definition) is 6. The van der Waals surface area contributed by atoms with Gasteiger partial charge in [0.15, 0.2) is 0 Å². The molecule has 0 heterocycles. The zero-order valence-corrected chi connectivity index (χ0v) is 9.45.